The van der Waals surface area contributed by atoms with Crippen molar-refractivity contribution < 1.29 is 13.2 Å². The van der Waals surface area contributed by atoms with Crippen LogP contribution in [0.3, 0.4) is 0 Å². The maximum atomic E-state index is 12.8. The molecule has 9 heteroatoms. The molecule has 0 aliphatic heterocycles. The van der Waals surface area contributed by atoms with Crippen molar-refractivity contribution in [3.63, 3.8) is 0 Å². The van der Waals surface area contributed by atoms with E-state index in [4.69, 9.17) is 0 Å². The molecule has 7 nitrogen and oxygen atoms in total. The minimum Gasteiger partial charge on any atom is -0.271 e. The van der Waals surface area contributed by atoms with Gasteiger partial charge in [0.15, 0.2) is 5.82 Å². The molecule has 3 aromatic rings. The number of aryl methyl sites for hydroxylation is 2. The number of sulfonamides is 1. The zero-order chi connectivity index (χ0) is 19.4. The van der Waals surface area contributed by atoms with Gasteiger partial charge in [-0.3, -0.25) is 9.88 Å². The summed E-state index contributed by atoms with van der Waals surface area (Å²) < 4.78 is 27.2. The van der Waals surface area contributed by atoms with Crippen molar-refractivity contribution in [2.75, 3.05) is 4.90 Å². The number of nitrogens with one attached hydrogen (secondary N) is 1. The number of benzene rings is 1. The Labute approximate surface area is 161 Å². The van der Waals surface area contributed by atoms with Gasteiger partial charge in [-0.05, 0) is 38.1 Å². The van der Waals surface area contributed by atoms with Crippen LogP contribution in [0.5, 0.6) is 0 Å². The van der Waals surface area contributed by atoms with Gasteiger partial charge < -0.3 is 0 Å². The molecule has 2 amide bonds. The van der Waals surface area contributed by atoms with Gasteiger partial charge in [0, 0.05) is 22.1 Å². The zero-order valence-electron chi connectivity index (χ0n) is 14.8. The molecule has 0 unspecified atom stereocenters. The Hall–Kier alpha value is -2.78. The topological polar surface area (TPSA) is 92.3 Å². The molecule has 0 bridgehead atoms. The first kappa shape index (κ1) is 19.0. The number of thiophene rings is 1. The molecule has 0 saturated heterocycles. The predicted molar refractivity (Wildman–Crippen MR) is 104 cm³/mol. The first-order valence-corrected chi connectivity index (χ1v) is 10.4. The number of urea groups is 1. The van der Waals surface area contributed by atoms with Crippen LogP contribution in [0.2, 0.25) is 0 Å². The summed E-state index contributed by atoms with van der Waals surface area (Å²) in [4.78, 5) is 24.2. The molecule has 0 spiro atoms. The zero-order valence-corrected chi connectivity index (χ0v) is 16.4. The highest BCUT2D eigenvalue weighted by molar-refractivity contribution is 7.90. The largest absolute Gasteiger partial charge is 0.337 e. The third-order valence-corrected chi connectivity index (χ3v) is 6.06. The third-order valence-electron chi connectivity index (χ3n) is 3.73. The molecule has 1 aromatic carbocycles. The first-order valence-electron chi connectivity index (χ1n) is 8.07. The molecular formula is C18H18N4O3S2. The number of carbonyl (C=O) groups is 1. The smallest absolute Gasteiger partial charge is 0.271 e. The van der Waals surface area contributed by atoms with Crippen molar-refractivity contribution in [2.45, 2.75) is 25.3 Å². The number of rotatable bonds is 5. The molecule has 2 aromatic heterocycles. The van der Waals surface area contributed by atoms with E-state index in [2.05, 4.69) is 14.7 Å². The van der Waals surface area contributed by atoms with E-state index in [9.17, 15) is 13.2 Å². The first-order chi connectivity index (χ1) is 12.8. The fourth-order valence-electron chi connectivity index (χ4n) is 2.36. The molecule has 1 N–H and O–H groups in total. The van der Waals surface area contributed by atoms with Gasteiger partial charge in [0.1, 0.15) is 0 Å². The van der Waals surface area contributed by atoms with Gasteiger partial charge in [0.25, 0.3) is 10.0 Å². The Kier molecular flexibility index (Phi) is 5.52. The predicted octanol–water partition coefficient (Wildman–Crippen LogP) is 3.26. The normalized spacial score (nSPS) is 11.2. The van der Waals surface area contributed by atoms with Crippen LogP contribution in [-0.2, 0) is 16.6 Å². The van der Waals surface area contributed by atoms with Gasteiger partial charge >= 0.3 is 6.03 Å². The standard InChI is InChI=1S/C18H18N4O3S2/c1-13-3-7-16(8-4-13)27(24,25)21-18(23)22(17-11-19-9-10-20-17)12-15-6-5-14(2)26-15/h3-11H,12H2,1-2H3,(H,21,23). The molecule has 0 saturated carbocycles. The summed E-state index contributed by atoms with van der Waals surface area (Å²) >= 11 is 1.52. The monoisotopic (exact) mass is 402 g/mol. The van der Waals surface area contributed by atoms with E-state index in [1.165, 1.54) is 47.0 Å². The molecule has 0 aliphatic rings. The molecule has 27 heavy (non-hydrogen) atoms. The molecule has 140 valence electrons. The molecule has 2 heterocycles. The SMILES string of the molecule is Cc1ccc(S(=O)(=O)NC(=O)N(Cc2ccc(C)s2)c2cnccn2)cc1. The molecule has 0 radical (unpaired) electrons. The lowest BCUT2D eigenvalue weighted by Crippen LogP contribution is -2.42. The lowest BCUT2D eigenvalue weighted by atomic mass is 10.2. The van der Waals surface area contributed by atoms with Crippen LogP contribution in [0, 0.1) is 13.8 Å². The van der Waals surface area contributed by atoms with Crippen LogP contribution in [0.15, 0.2) is 59.9 Å². The van der Waals surface area contributed by atoms with Crippen LogP contribution >= 0.6 is 11.3 Å². The minimum atomic E-state index is -4.00. The van der Waals surface area contributed by atoms with Crippen molar-refractivity contribution in [2.24, 2.45) is 0 Å². The van der Waals surface area contributed by atoms with Gasteiger partial charge in [0.05, 0.1) is 17.6 Å². The molecule has 0 fully saturated rings. The Balaban J connectivity index is 1.87. The number of nitrogens with zero attached hydrogens (tertiary/aromatic N) is 3. The highest BCUT2D eigenvalue weighted by atomic mass is 32.2. The van der Waals surface area contributed by atoms with E-state index < -0.39 is 16.1 Å². The number of hydrogen-bond donors (Lipinski definition) is 1. The summed E-state index contributed by atoms with van der Waals surface area (Å²) in [6, 6.07) is 9.31. The van der Waals surface area contributed by atoms with Crippen molar-refractivity contribution in [1.29, 1.82) is 0 Å². The van der Waals surface area contributed by atoms with E-state index in [1.807, 2.05) is 26.0 Å². The van der Waals surface area contributed by atoms with E-state index >= 15 is 0 Å². The average Bonchev–Trinajstić information content (AvgIpc) is 3.05. The molecular weight excluding hydrogens is 384 g/mol. The number of hydrogen-bond acceptors (Lipinski definition) is 6. The van der Waals surface area contributed by atoms with Gasteiger partial charge in [0.2, 0.25) is 0 Å². The van der Waals surface area contributed by atoms with E-state index in [-0.39, 0.29) is 17.3 Å². The quantitative estimate of drug-likeness (QED) is 0.707. The third kappa shape index (κ3) is 4.69. The summed E-state index contributed by atoms with van der Waals surface area (Å²) in [7, 11) is -4.00. The van der Waals surface area contributed by atoms with Gasteiger partial charge in [-0.15, -0.1) is 11.3 Å². The summed E-state index contributed by atoms with van der Waals surface area (Å²) in [6.45, 7) is 4.00. The fourth-order valence-corrected chi connectivity index (χ4v) is 4.19. The average molecular weight is 403 g/mol. The Bertz CT molecular complexity index is 1030. The second-order valence-corrected chi connectivity index (χ2v) is 8.94. The Morgan fingerprint density at radius 2 is 1.85 bits per heavy atom. The van der Waals surface area contributed by atoms with Gasteiger partial charge in [-0.25, -0.2) is 22.9 Å². The maximum Gasteiger partial charge on any atom is 0.337 e. The Morgan fingerprint density at radius 3 is 2.44 bits per heavy atom. The van der Waals surface area contributed by atoms with Crippen molar-refractivity contribution in [3.8, 4) is 0 Å². The summed E-state index contributed by atoms with van der Waals surface area (Å²) in [5, 5.41) is 0. The lowest BCUT2D eigenvalue weighted by molar-refractivity contribution is 0.250. The van der Waals surface area contributed by atoms with Crippen molar-refractivity contribution >= 4 is 33.2 Å². The summed E-state index contributed by atoms with van der Waals surface area (Å²) in [5.41, 5.74) is 0.925. The highest BCUT2D eigenvalue weighted by Crippen LogP contribution is 2.21. The highest BCUT2D eigenvalue weighted by Gasteiger charge is 2.24. The molecule has 0 aliphatic carbocycles. The van der Waals surface area contributed by atoms with Gasteiger partial charge in [-0.1, -0.05) is 17.7 Å². The fraction of sp³-hybridized carbons (Fsp3) is 0.167. The molecule has 3 rings (SSSR count). The van der Waals surface area contributed by atoms with E-state index in [1.54, 1.807) is 12.1 Å². The lowest BCUT2D eigenvalue weighted by Gasteiger charge is -2.21. The van der Waals surface area contributed by atoms with E-state index in [0.717, 1.165) is 15.3 Å². The number of amides is 2. The van der Waals surface area contributed by atoms with Crippen LogP contribution in [0.4, 0.5) is 10.6 Å². The van der Waals surface area contributed by atoms with Gasteiger partial charge in [-0.2, -0.15) is 0 Å². The molecule has 0 atom stereocenters. The number of aromatic nitrogens is 2. The second kappa shape index (κ2) is 7.85. The van der Waals surface area contributed by atoms with Crippen LogP contribution in [0.1, 0.15) is 15.3 Å². The summed E-state index contributed by atoms with van der Waals surface area (Å²) in [5.74, 6) is 0.264. The maximum absolute atomic E-state index is 12.8. The number of carbonyl (C=O) groups excluding carboxylic acids is 1. The summed E-state index contributed by atoms with van der Waals surface area (Å²) in [6.07, 6.45) is 4.35. The van der Waals surface area contributed by atoms with Crippen molar-refractivity contribution in [3.05, 3.63) is 70.3 Å². The van der Waals surface area contributed by atoms with Crippen LogP contribution in [0.25, 0.3) is 0 Å². The van der Waals surface area contributed by atoms with Crippen LogP contribution in [-0.4, -0.2) is 24.4 Å². The van der Waals surface area contributed by atoms with Crippen LogP contribution < -0.4 is 9.62 Å². The Morgan fingerprint density at radius 1 is 1.11 bits per heavy atom. The minimum absolute atomic E-state index is 0.0208. The van der Waals surface area contributed by atoms with E-state index in [0.29, 0.717) is 0 Å². The second-order valence-electron chi connectivity index (χ2n) is 5.89. The van der Waals surface area contributed by atoms with Crippen molar-refractivity contribution in [1.82, 2.24) is 14.7 Å². The number of anilines is 1.